The molecule has 0 saturated carbocycles. The number of nitro benzene ring substituents is 1. The van der Waals surface area contributed by atoms with E-state index in [0.717, 1.165) is 23.5 Å². The highest BCUT2D eigenvalue weighted by molar-refractivity contribution is 7.99. The molecule has 0 aromatic heterocycles. The Kier molecular flexibility index (Phi) is 4.67. The quantitative estimate of drug-likeness (QED) is 0.644. The second kappa shape index (κ2) is 6.11. The third-order valence-electron chi connectivity index (χ3n) is 3.75. The average Bonchev–Trinajstić information content (AvgIpc) is 2.84. The van der Waals surface area contributed by atoms with Gasteiger partial charge >= 0.3 is 0 Å². The maximum Gasteiger partial charge on any atom is 0.272 e. The van der Waals surface area contributed by atoms with Crippen LogP contribution in [0.4, 0.5) is 5.69 Å². The average molecular weight is 296 g/mol. The van der Waals surface area contributed by atoms with Crippen molar-refractivity contribution in [3.8, 4) is 0 Å². The van der Waals surface area contributed by atoms with Crippen molar-refractivity contribution >= 4 is 17.4 Å². The molecule has 2 atom stereocenters. The van der Waals surface area contributed by atoms with E-state index in [1.165, 1.54) is 0 Å². The fourth-order valence-corrected chi connectivity index (χ4v) is 3.58. The van der Waals surface area contributed by atoms with Crippen molar-refractivity contribution in [3.05, 3.63) is 39.4 Å². The first kappa shape index (κ1) is 15.3. The molecule has 1 saturated heterocycles. The first-order valence-electron chi connectivity index (χ1n) is 6.70. The molecule has 1 aromatic carbocycles. The molecule has 1 aliphatic rings. The second-order valence-electron chi connectivity index (χ2n) is 5.43. The highest BCUT2D eigenvalue weighted by Crippen LogP contribution is 2.28. The van der Waals surface area contributed by atoms with Crippen molar-refractivity contribution in [2.75, 3.05) is 18.1 Å². The largest absolute Gasteiger partial charge is 0.388 e. The molecule has 1 fully saturated rings. The SMILES string of the molecule is Cc1ccc(C(C)NCC2(O)CCSC2)cc1[N+](=O)[O-]. The van der Waals surface area contributed by atoms with Gasteiger partial charge in [0, 0.05) is 30.0 Å². The minimum atomic E-state index is -0.643. The van der Waals surface area contributed by atoms with E-state index in [0.29, 0.717) is 12.1 Å². The Hall–Kier alpha value is -1.11. The summed E-state index contributed by atoms with van der Waals surface area (Å²) in [4.78, 5) is 10.6. The zero-order valence-corrected chi connectivity index (χ0v) is 12.6. The summed E-state index contributed by atoms with van der Waals surface area (Å²) >= 11 is 1.76. The monoisotopic (exact) mass is 296 g/mol. The van der Waals surface area contributed by atoms with E-state index in [1.54, 1.807) is 30.8 Å². The lowest BCUT2D eigenvalue weighted by Gasteiger charge is -2.24. The summed E-state index contributed by atoms with van der Waals surface area (Å²) in [6, 6.07) is 5.25. The summed E-state index contributed by atoms with van der Waals surface area (Å²) in [5.74, 6) is 1.74. The number of hydrogen-bond acceptors (Lipinski definition) is 5. The number of aliphatic hydroxyl groups is 1. The van der Waals surface area contributed by atoms with Gasteiger partial charge < -0.3 is 10.4 Å². The number of thioether (sulfide) groups is 1. The van der Waals surface area contributed by atoms with Gasteiger partial charge in [-0.3, -0.25) is 10.1 Å². The van der Waals surface area contributed by atoms with E-state index in [4.69, 9.17) is 0 Å². The molecular formula is C14H20N2O3S. The molecule has 5 nitrogen and oxygen atoms in total. The summed E-state index contributed by atoms with van der Waals surface area (Å²) in [6.07, 6.45) is 0.797. The minimum Gasteiger partial charge on any atom is -0.388 e. The number of nitrogens with one attached hydrogen (secondary N) is 1. The lowest BCUT2D eigenvalue weighted by Crippen LogP contribution is -2.41. The molecular weight excluding hydrogens is 276 g/mol. The predicted molar refractivity (Wildman–Crippen MR) is 81.1 cm³/mol. The van der Waals surface area contributed by atoms with Crippen LogP contribution < -0.4 is 5.32 Å². The van der Waals surface area contributed by atoms with Crippen molar-refractivity contribution in [3.63, 3.8) is 0 Å². The topological polar surface area (TPSA) is 75.4 Å². The number of nitro groups is 1. The smallest absolute Gasteiger partial charge is 0.272 e. The molecule has 1 aromatic rings. The normalized spacial score (nSPS) is 23.8. The summed E-state index contributed by atoms with van der Waals surface area (Å²) in [5.41, 5.74) is 1.04. The minimum absolute atomic E-state index is 0.0241. The van der Waals surface area contributed by atoms with Gasteiger partial charge in [-0.2, -0.15) is 11.8 Å². The first-order chi connectivity index (χ1) is 9.41. The van der Waals surface area contributed by atoms with Crippen molar-refractivity contribution in [2.24, 2.45) is 0 Å². The van der Waals surface area contributed by atoms with Crippen LogP contribution in [0, 0.1) is 17.0 Å². The van der Waals surface area contributed by atoms with Crippen LogP contribution in [0.3, 0.4) is 0 Å². The van der Waals surface area contributed by atoms with Gasteiger partial charge in [0.25, 0.3) is 5.69 Å². The maximum absolute atomic E-state index is 11.0. The number of hydrogen-bond donors (Lipinski definition) is 2. The van der Waals surface area contributed by atoms with Crippen molar-refractivity contribution in [1.82, 2.24) is 5.32 Å². The van der Waals surface area contributed by atoms with Crippen molar-refractivity contribution in [1.29, 1.82) is 0 Å². The fourth-order valence-electron chi connectivity index (χ4n) is 2.29. The van der Waals surface area contributed by atoms with Crippen LogP contribution in [-0.2, 0) is 0 Å². The Bertz CT molecular complexity index is 501. The molecule has 2 N–H and O–H groups in total. The zero-order valence-electron chi connectivity index (χ0n) is 11.8. The summed E-state index contributed by atoms with van der Waals surface area (Å²) in [6.45, 7) is 4.21. The van der Waals surface area contributed by atoms with Crippen LogP contribution in [-0.4, -0.2) is 33.7 Å². The Morgan fingerprint density at radius 2 is 2.35 bits per heavy atom. The molecule has 1 aliphatic heterocycles. The van der Waals surface area contributed by atoms with Crippen LogP contribution in [0.1, 0.15) is 30.5 Å². The van der Waals surface area contributed by atoms with Crippen LogP contribution in [0.5, 0.6) is 0 Å². The highest BCUT2D eigenvalue weighted by atomic mass is 32.2. The van der Waals surface area contributed by atoms with Gasteiger partial charge in [-0.15, -0.1) is 0 Å². The van der Waals surface area contributed by atoms with E-state index in [9.17, 15) is 15.2 Å². The number of rotatable bonds is 5. The van der Waals surface area contributed by atoms with E-state index in [2.05, 4.69) is 5.32 Å². The maximum atomic E-state index is 11.0. The molecule has 0 bridgehead atoms. The summed E-state index contributed by atoms with van der Waals surface area (Å²) in [7, 11) is 0. The predicted octanol–water partition coefficient (Wildman–Crippen LogP) is 2.42. The van der Waals surface area contributed by atoms with E-state index >= 15 is 0 Å². The van der Waals surface area contributed by atoms with Gasteiger partial charge in [0.15, 0.2) is 0 Å². The number of benzene rings is 1. The van der Waals surface area contributed by atoms with Crippen molar-refractivity contribution in [2.45, 2.75) is 31.9 Å². The van der Waals surface area contributed by atoms with Gasteiger partial charge in [-0.25, -0.2) is 0 Å². The lowest BCUT2D eigenvalue weighted by atomic mass is 10.0. The number of nitrogens with zero attached hydrogens (tertiary/aromatic N) is 1. The first-order valence-corrected chi connectivity index (χ1v) is 7.85. The van der Waals surface area contributed by atoms with Crippen LogP contribution in [0.2, 0.25) is 0 Å². The second-order valence-corrected chi connectivity index (χ2v) is 6.54. The third-order valence-corrected chi connectivity index (χ3v) is 4.98. The van der Waals surface area contributed by atoms with E-state index in [-0.39, 0.29) is 16.7 Å². The van der Waals surface area contributed by atoms with Gasteiger partial charge in [0.1, 0.15) is 0 Å². The summed E-state index contributed by atoms with van der Waals surface area (Å²) < 4.78 is 0. The van der Waals surface area contributed by atoms with E-state index < -0.39 is 5.60 Å². The molecule has 6 heteroatoms. The van der Waals surface area contributed by atoms with Gasteiger partial charge in [-0.05, 0) is 31.6 Å². The molecule has 0 spiro atoms. The molecule has 0 aliphatic carbocycles. The Morgan fingerprint density at radius 3 is 2.95 bits per heavy atom. The Labute approximate surface area is 122 Å². The molecule has 0 radical (unpaired) electrons. The zero-order chi connectivity index (χ0) is 14.8. The van der Waals surface area contributed by atoms with Crippen LogP contribution in [0.15, 0.2) is 18.2 Å². The van der Waals surface area contributed by atoms with Crippen LogP contribution >= 0.6 is 11.8 Å². The third kappa shape index (κ3) is 3.50. The Balaban J connectivity index is 2.03. The lowest BCUT2D eigenvalue weighted by molar-refractivity contribution is -0.385. The Morgan fingerprint density at radius 1 is 1.60 bits per heavy atom. The highest BCUT2D eigenvalue weighted by Gasteiger charge is 2.31. The fraction of sp³-hybridized carbons (Fsp3) is 0.571. The summed E-state index contributed by atoms with van der Waals surface area (Å²) in [5, 5.41) is 24.5. The van der Waals surface area contributed by atoms with Crippen molar-refractivity contribution < 1.29 is 10.0 Å². The molecule has 0 amide bonds. The molecule has 1 heterocycles. The van der Waals surface area contributed by atoms with Gasteiger partial charge in [-0.1, -0.05) is 12.1 Å². The molecule has 110 valence electrons. The van der Waals surface area contributed by atoms with Gasteiger partial charge in [0.05, 0.1) is 10.5 Å². The molecule has 2 unspecified atom stereocenters. The van der Waals surface area contributed by atoms with Gasteiger partial charge in [0.2, 0.25) is 0 Å². The standard InChI is InChI=1S/C14H20N2O3S/c1-10-3-4-12(7-13(10)16(18)19)11(2)15-8-14(17)5-6-20-9-14/h3-4,7,11,15,17H,5-6,8-9H2,1-2H3. The number of aryl methyl sites for hydroxylation is 1. The molecule has 20 heavy (non-hydrogen) atoms. The molecule has 2 rings (SSSR count). The van der Waals surface area contributed by atoms with E-state index in [1.807, 2.05) is 13.0 Å². The van der Waals surface area contributed by atoms with Crippen LogP contribution in [0.25, 0.3) is 0 Å².